The fourth-order valence-electron chi connectivity index (χ4n) is 1.57. The van der Waals surface area contributed by atoms with Crippen molar-refractivity contribution in [2.75, 3.05) is 0 Å². The van der Waals surface area contributed by atoms with E-state index in [4.69, 9.17) is 0 Å². The molecule has 0 N–H and O–H groups in total. The monoisotopic (exact) mass is 256 g/mol. The first-order chi connectivity index (χ1) is 8.32. The summed E-state index contributed by atoms with van der Waals surface area (Å²) in [4.78, 5) is 11.6. The number of rotatable bonds is 5. The molecule has 0 amide bonds. The lowest BCUT2D eigenvalue weighted by Crippen LogP contribution is -2.23. The van der Waals surface area contributed by atoms with Crippen LogP contribution in [0.5, 0.6) is 0 Å². The molecule has 0 fully saturated rings. The van der Waals surface area contributed by atoms with Gasteiger partial charge in [0.05, 0.1) is 0 Å². The first-order valence-corrected chi connectivity index (χ1v) is 5.65. The SMILES string of the molecule is C=C(C(C)C(=O)CCc1ccccc1)C(F)(F)F. The molecule has 0 bridgehead atoms. The molecule has 1 atom stereocenters. The van der Waals surface area contributed by atoms with Crippen molar-refractivity contribution < 1.29 is 18.0 Å². The van der Waals surface area contributed by atoms with Crippen LogP contribution < -0.4 is 0 Å². The number of ketones is 1. The van der Waals surface area contributed by atoms with Crippen molar-refractivity contribution >= 4 is 5.78 Å². The smallest absolute Gasteiger partial charge is 0.299 e. The van der Waals surface area contributed by atoms with Crippen LogP contribution in [0.4, 0.5) is 13.2 Å². The molecule has 0 aliphatic heterocycles. The third-order valence-corrected chi connectivity index (χ3v) is 2.87. The fourth-order valence-corrected chi connectivity index (χ4v) is 1.57. The van der Waals surface area contributed by atoms with E-state index in [1.54, 1.807) is 0 Å². The van der Waals surface area contributed by atoms with E-state index in [1.165, 1.54) is 6.92 Å². The molecule has 0 aromatic heterocycles. The molecule has 18 heavy (non-hydrogen) atoms. The fraction of sp³-hybridized carbons (Fsp3) is 0.357. The second-order valence-electron chi connectivity index (χ2n) is 4.20. The van der Waals surface area contributed by atoms with Crippen molar-refractivity contribution in [1.82, 2.24) is 0 Å². The maximum Gasteiger partial charge on any atom is 0.412 e. The van der Waals surface area contributed by atoms with E-state index in [1.807, 2.05) is 30.3 Å². The van der Waals surface area contributed by atoms with Crippen LogP contribution in [0.1, 0.15) is 18.9 Å². The van der Waals surface area contributed by atoms with Crippen molar-refractivity contribution in [1.29, 1.82) is 0 Å². The third kappa shape index (κ3) is 4.02. The number of carbonyl (C=O) groups excluding carboxylic acids is 1. The number of Topliss-reactive ketones (excluding diaryl/α,β-unsaturated/α-hetero) is 1. The van der Waals surface area contributed by atoms with Gasteiger partial charge < -0.3 is 0 Å². The Bertz CT molecular complexity index is 420. The molecular formula is C14H15F3O. The Morgan fingerprint density at radius 2 is 1.83 bits per heavy atom. The van der Waals surface area contributed by atoms with Gasteiger partial charge in [0, 0.05) is 17.9 Å². The minimum Gasteiger partial charge on any atom is -0.299 e. The molecular weight excluding hydrogens is 241 g/mol. The summed E-state index contributed by atoms with van der Waals surface area (Å²) in [7, 11) is 0. The minimum atomic E-state index is -4.50. The summed E-state index contributed by atoms with van der Waals surface area (Å²) >= 11 is 0. The Morgan fingerprint density at radius 3 is 2.33 bits per heavy atom. The number of hydrogen-bond acceptors (Lipinski definition) is 1. The molecule has 98 valence electrons. The van der Waals surface area contributed by atoms with E-state index >= 15 is 0 Å². The Balaban J connectivity index is 2.54. The van der Waals surface area contributed by atoms with Gasteiger partial charge in [-0.25, -0.2) is 0 Å². The lowest BCUT2D eigenvalue weighted by atomic mass is 9.93. The number of benzene rings is 1. The van der Waals surface area contributed by atoms with E-state index in [0.29, 0.717) is 6.42 Å². The second-order valence-corrected chi connectivity index (χ2v) is 4.20. The highest BCUT2D eigenvalue weighted by Gasteiger charge is 2.37. The topological polar surface area (TPSA) is 17.1 Å². The van der Waals surface area contributed by atoms with Crippen LogP contribution in [0.3, 0.4) is 0 Å². The molecule has 1 nitrogen and oxygen atoms in total. The Hall–Kier alpha value is -1.58. The molecule has 0 saturated carbocycles. The van der Waals surface area contributed by atoms with Crippen molar-refractivity contribution in [3.05, 3.63) is 48.0 Å². The molecule has 4 heteroatoms. The van der Waals surface area contributed by atoms with E-state index in [2.05, 4.69) is 6.58 Å². The quantitative estimate of drug-likeness (QED) is 0.729. The minimum absolute atomic E-state index is 0.0975. The molecule has 0 aliphatic rings. The van der Waals surface area contributed by atoms with Gasteiger partial charge in [0.1, 0.15) is 5.78 Å². The molecule has 1 aromatic carbocycles. The zero-order valence-electron chi connectivity index (χ0n) is 10.1. The largest absolute Gasteiger partial charge is 0.412 e. The molecule has 1 unspecified atom stereocenters. The predicted octanol–water partition coefficient (Wildman–Crippen LogP) is 3.94. The van der Waals surface area contributed by atoms with Crippen LogP contribution in [-0.4, -0.2) is 12.0 Å². The molecule has 1 aromatic rings. The zero-order valence-corrected chi connectivity index (χ0v) is 10.1. The third-order valence-electron chi connectivity index (χ3n) is 2.87. The van der Waals surface area contributed by atoms with Crippen molar-refractivity contribution in [2.24, 2.45) is 5.92 Å². The summed E-state index contributed by atoms with van der Waals surface area (Å²) in [6, 6.07) is 9.20. The van der Waals surface area contributed by atoms with E-state index in [9.17, 15) is 18.0 Å². The molecule has 0 radical (unpaired) electrons. The summed E-state index contributed by atoms with van der Waals surface area (Å²) in [6.45, 7) is 4.21. The van der Waals surface area contributed by atoms with Crippen LogP contribution in [0, 0.1) is 5.92 Å². The molecule has 0 heterocycles. The molecule has 1 rings (SSSR count). The van der Waals surface area contributed by atoms with Crippen LogP contribution in [0.2, 0.25) is 0 Å². The molecule has 0 spiro atoms. The average Bonchev–Trinajstić information content (AvgIpc) is 2.34. The van der Waals surface area contributed by atoms with Gasteiger partial charge in [-0.3, -0.25) is 4.79 Å². The van der Waals surface area contributed by atoms with Crippen LogP contribution >= 0.6 is 0 Å². The highest BCUT2D eigenvalue weighted by Crippen LogP contribution is 2.30. The van der Waals surface area contributed by atoms with E-state index < -0.39 is 23.5 Å². The van der Waals surface area contributed by atoms with Gasteiger partial charge in [0.25, 0.3) is 0 Å². The standard InChI is InChI=1S/C14H15F3O/c1-10(11(2)14(15,16)17)13(18)9-8-12-6-4-3-5-7-12/h3-7,10H,2,8-9H2,1H3. The van der Waals surface area contributed by atoms with Crippen LogP contribution in [0.15, 0.2) is 42.5 Å². The number of alkyl halides is 3. The number of aryl methyl sites for hydroxylation is 1. The molecule has 0 saturated heterocycles. The summed E-state index contributed by atoms with van der Waals surface area (Å²) in [5.41, 5.74) is -0.0313. The summed E-state index contributed by atoms with van der Waals surface area (Å²) < 4.78 is 37.1. The van der Waals surface area contributed by atoms with Gasteiger partial charge in [0.15, 0.2) is 0 Å². The number of hydrogen-bond donors (Lipinski definition) is 0. The number of halogens is 3. The zero-order chi connectivity index (χ0) is 13.8. The van der Waals surface area contributed by atoms with E-state index in [0.717, 1.165) is 5.56 Å². The predicted molar refractivity (Wildman–Crippen MR) is 64.1 cm³/mol. The first-order valence-electron chi connectivity index (χ1n) is 5.65. The van der Waals surface area contributed by atoms with Crippen molar-refractivity contribution in [3.63, 3.8) is 0 Å². The number of allylic oxidation sites excluding steroid dienone is 1. The average molecular weight is 256 g/mol. The highest BCUT2D eigenvalue weighted by molar-refractivity contribution is 5.83. The van der Waals surface area contributed by atoms with Crippen molar-refractivity contribution in [2.45, 2.75) is 25.9 Å². The molecule has 0 aliphatic carbocycles. The van der Waals surface area contributed by atoms with Gasteiger partial charge >= 0.3 is 6.18 Å². The second kappa shape index (κ2) is 5.85. The maximum atomic E-state index is 12.4. The Kier molecular flexibility index (Phi) is 4.70. The van der Waals surface area contributed by atoms with Gasteiger partial charge in [-0.2, -0.15) is 13.2 Å². The summed E-state index contributed by atoms with van der Waals surface area (Å²) in [5, 5.41) is 0. The van der Waals surface area contributed by atoms with E-state index in [-0.39, 0.29) is 6.42 Å². The maximum absolute atomic E-state index is 12.4. The lowest BCUT2D eigenvalue weighted by Gasteiger charge is -2.16. The number of carbonyl (C=O) groups is 1. The van der Waals surface area contributed by atoms with Gasteiger partial charge in [0.2, 0.25) is 0 Å². The van der Waals surface area contributed by atoms with Gasteiger partial charge in [-0.05, 0) is 12.0 Å². The van der Waals surface area contributed by atoms with Gasteiger partial charge in [-0.1, -0.05) is 43.8 Å². The van der Waals surface area contributed by atoms with Crippen molar-refractivity contribution in [3.8, 4) is 0 Å². The Labute approximate surface area is 104 Å². The first kappa shape index (κ1) is 14.5. The van der Waals surface area contributed by atoms with Crippen LogP contribution in [-0.2, 0) is 11.2 Å². The van der Waals surface area contributed by atoms with Gasteiger partial charge in [-0.15, -0.1) is 0 Å². The summed E-state index contributed by atoms with van der Waals surface area (Å²) in [6.07, 6.45) is -3.95. The highest BCUT2D eigenvalue weighted by atomic mass is 19.4. The normalized spacial score (nSPS) is 13.1. The summed E-state index contributed by atoms with van der Waals surface area (Å²) in [5.74, 6) is -1.60. The lowest BCUT2D eigenvalue weighted by molar-refractivity contribution is -0.127. The van der Waals surface area contributed by atoms with Crippen LogP contribution in [0.25, 0.3) is 0 Å². The Morgan fingerprint density at radius 1 is 1.28 bits per heavy atom.